The van der Waals surface area contributed by atoms with E-state index in [4.69, 9.17) is 4.74 Å². The van der Waals surface area contributed by atoms with Crippen LogP contribution in [0.2, 0.25) is 0 Å². The number of hydrogen-bond acceptors (Lipinski definition) is 5. The summed E-state index contributed by atoms with van der Waals surface area (Å²) in [5, 5.41) is 4.23. The van der Waals surface area contributed by atoms with E-state index in [2.05, 4.69) is 26.9 Å². The van der Waals surface area contributed by atoms with Crippen LogP contribution in [0.15, 0.2) is 12.4 Å². The third-order valence-corrected chi connectivity index (χ3v) is 5.80. The standard InChI is InChI=1S/C18H25F2N5O/c1-12-2-5-24(9-13-3-6-26-7-4-13)10-14(12)16-8-15(17(19)20)23-18-21-11-22-25(16)18/h8,11-14,17H,2-7,9-10H2,1H3/t12?,14-/m0/s1. The third-order valence-electron chi connectivity index (χ3n) is 5.80. The summed E-state index contributed by atoms with van der Waals surface area (Å²) in [5.41, 5.74) is 0.584. The summed E-state index contributed by atoms with van der Waals surface area (Å²) in [7, 11) is 0. The highest BCUT2D eigenvalue weighted by atomic mass is 19.3. The van der Waals surface area contributed by atoms with Gasteiger partial charge in [0, 0.05) is 32.2 Å². The van der Waals surface area contributed by atoms with Crippen LogP contribution in [0.4, 0.5) is 8.78 Å². The lowest BCUT2D eigenvalue weighted by atomic mass is 9.83. The molecule has 2 aliphatic rings. The van der Waals surface area contributed by atoms with E-state index in [0.29, 0.717) is 11.8 Å². The van der Waals surface area contributed by atoms with E-state index in [0.717, 1.165) is 57.8 Å². The summed E-state index contributed by atoms with van der Waals surface area (Å²) in [4.78, 5) is 10.5. The van der Waals surface area contributed by atoms with Crippen molar-refractivity contribution in [1.82, 2.24) is 24.5 Å². The van der Waals surface area contributed by atoms with Crippen molar-refractivity contribution < 1.29 is 13.5 Å². The Balaban J connectivity index is 1.58. The molecule has 2 fully saturated rings. The molecule has 4 heterocycles. The van der Waals surface area contributed by atoms with Gasteiger partial charge in [-0.25, -0.2) is 18.3 Å². The fourth-order valence-corrected chi connectivity index (χ4v) is 4.21. The Bertz CT molecular complexity index is 746. The first-order valence-electron chi connectivity index (χ1n) is 9.40. The molecule has 8 heteroatoms. The Hall–Kier alpha value is -1.67. The lowest BCUT2D eigenvalue weighted by Gasteiger charge is -2.39. The molecule has 0 aliphatic carbocycles. The van der Waals surface area contributed by atoms with Crippen molar-refractivity contribution in [2.75, 3.05) is 32.8 Å². The molecule has 0 amide bonds. The van der Waals surface area contributed by atoms with Crippen molar-refractivity contribution in [2.45, 2.75) is 38.5 Å². The highest BCUT2D eigenvalue weighted by Gasteiger charge is 2.32. The quantitative estimate of drug-likeness (QED) is 0.834. The smallest absolute Gasteiger partial charge is 0.280 e. The Labute approximate surface area is 151 Å². The summed E-state index contributed by atoms with van der Waals surface area (Å²) in [6, 6.07) is 1.52. The van der Waals surface area contributed by atoms with Crippen LogP contribution in [0.1, 0.15) is 49.9 Å². The maximum Gasteiger partial charge on any atom is 0.280 e. The number of likely N-dealkylation sites (tertiary alicyclic amines) is 1. The fourth-order valence-electron chi connectivity index (χ4n) is 4.21. The van der Waals surface area contributed by atoms with Gasteiger partial charge in [0.1, 0.15) is 12.0 Å². The van der Waals surface area contributed by atoms with Crippen LogP contribution in [0.5, 0.6) is 0 Å². The number of rotatable bonds is 4. The maximum atomic E-state index is 13.3. The van der Waals surface area contributed by atoms with Gasteiger partial charge in [0.15, 0.2) is 0 Å². The second kappa shape index (κ2) is 7.52. The molecule has 0 saturated carbocycles. The predicted molar refractivity (Wildman–Crippen MR) is 92.2 cm³/mol. The first kappa shape index (κ1) is 17.7. The molecule has 2 saturated heterocycles. The molecule has 2 aromatic heterocycles. The lowest BCUT2D eigenvalue weighted by Crippen LogP contribution is -2.42. The second-order valence-electron chi connectivity index (χ2n) is 7.57. The Morgan fingerprint density at radius 1 is 1.27 bits per heavy atom. The molecule has 2 aromatic rings. The van der Waals surface area contributed by atoms with Crippen LogP contribution in [0.3, 0.4) is 0 Å². The van der Waals surface area contributed by atoms with Crippen molar-refractivity contribution in [3.63, 3.8) is 0 Å². The van der Waals surface area contributed by atoms with Gasteiger partial charge in [0.2, 0.25) is 0 Å². The number of aromatic nitrogens is 4. The normalized spacial score (nSPS) is 26.0. The summed E-state index contributed by atoms with van der Waals surface area (Å²) in [6.07, 6.45) is 2.04. The van der Waals surface area contributed by atoms with E-state index in [-0.39, 0.29) is 17.4 Å². The molecule has 6 nitrogen and oxygen atoms in total. The molecule has 4 rings (SSSR count). The molecule has 2 aliphatic heterocycles. The van der Waals surface area contributed by atoms with Crippen LogP contribution < -0.4 is 0 Å². The van der Waals surface area contributed by atoms with Gasteiger partial charge in [0.05, 0.1) is 5.69 Å². The number of piperidine rings is 1. The van der Waals surface area contributed by atoms with Crippen molar-refractivity contribution in [1.29, 1.82) is 0 Å². The maximum absolute atomic E-state index is 13.3. The van der Waals surface area contributed by atoms with E-state index in [9.17, 15) is 8.78 Å². The minimum absolute atomic E-state index is 0.147. The van der Waals surface area contributed by atoms with Crippen LogP contribution in [-0.4, -0.2) is 57.3 Å². The van der Waals surface area contributed by atoms with Gasteiger partial charge in [-0.2, -0.15) is 10.1 Å². The summed E-state index contributed by atoms with van der Waals surface area (Å²) in [5.74, 6) is 1.47. The molecule has 0 aromatic carbocycles. The fraction of sp³-hybridized carbons (Fsp3) is 0.722. The number of nitrogens with zero attached hydrogens (tertiary/aromatic N) is 5. The molecule has 0 N–H and O–H groups in total. The van der Waals surface area contributed by atoms with E-state index >= 15 is 0 Å². The zero-order valence-electron chi connectivity index (χ0n) is 15.0. The lowest BCUT2D eigenvalue weighted by molar-refractivity contribution is 0.0445. The van der Waals surface area contributed by atoms with Gasteiger partial charge in [-0.05, 0) is 43.7 Å². The summed E-state index contributed by atoms with van der Waals surface area (Å²) >= 11 is 0. The van der Waals surface area contributed by atoms with Crippen LogP contribution in [0.25, 0.3) is 5.78 Å². The molecule has 142 valence electrons. The monoisotopic (exact) mass is 365 g/mol. The van der Waals surface area contributed by atoms with E-state index in [1.807, 2.05) is 0 Å². The SMILES string of the molecule is CC1CCN(CC2CCOCC2)C[C@@H]1c1cc(C(F)F)nc2ncnn12. The first-order chi connectivity index (χ1) is 12.6. The van der Waals surface area contributed by atoms with E-state index < -0.39 is 6.43 Å². The van der Waals surface area contributed by atoms with Gasteiger partial charge >= 0.3 is 0 Å². The average Bonchev–Trinajstić information content (AvgIpc) is 3.12. The average molecular weight is 365 g/mol. The van der Waals surface area contributed by atoms with Gasteiger partial charge < -0.3 is 9.64 Å². The molecular weight excluding hydrogens is 340 g/mol. The van der Waals surface area contributed by atoms with Gasteiger partial charge in [-0.3, -0.25) is 0 Å². The zero-order chi connectivity index (χ0) is 18.1. The van der Waals surface area contributed by atoms with Gasteiger partial charge in [-0.1, -0.05) is 6.92 Å². The van der Waals surface area contributed by atoms with Crippen molar-refractivity contribution in [2.24, 2.45) is 11.8 Å². The highest BCUT2D eigenvalue weighted by Crippen LogP contribution is 2.34. The highest BCUT2D eigenvalue weighted by molar-refractivity contribution is 5.32. The van der Waals surface area contributed by atoms with Gasteiger partial charge in [-0.15, -0.1) is 0 Å². The number of ether oxygens (including phenoxy) is 1. The van der Waals surface area contributed by atoms with Crippen LogP contribution >= 0.6 is 0 Å². The van der Waals surface area contributed by atoms with Crippen molar-refractivity contribution >= 4 is 5.78 Å². The number of alkyl halides is 2. The molecule has 0 radical (unpaired) electrons. The third kappa shape index (κ3) is 3.57. The molecule has 2 atom stereocenters. The number of hydrogen-bond donors (Lipinski definition) is 0. The Morgan fingerprint density at radius 2 is 2.08 bits per heavy atom. The van der Waals surface area contributed by atoms with Crippen LogP contribution in [-0.2, 0) is 4.74 Å². The van der Waals surface area contributed by atoms with E-state index in [1.54, 1.807) is 4.52 Å². The van der Waals surface area contributed by atoms with E-state index in [1.165, 1.54) is 12.4 Å². The number of fused-ring (bicyclic) bond motifs is 1. The second-order valence-corrected chi connectivity index (χ2v) is 7.57. The van der Waals surface area contributed by atoms with Crippen molar-refractivity contribution in [3.05, 3.63) is 23.8 Å². The Morgan fingerprint density at radius 3 is 2.85 bits per heavy atom. The molecule has 0 bridgehead atoms. The minimum Gasteiger partial charge on any atom is -0.381 e. The predicted octanol–water partition coefficient (Wildman–Crippen LogP) is 2.91. The Kier molecular flexibility index (Phi) is 5.13. The zero-order valence-corrected chi connectivity index (χ0v) is 15.0. The first-order valence-corrected chi connectivity index (χ1v) is 9.40. The molecule has 0 spiro atoms. The minimum atomic E-state index is -2.60. The largest absolute Gasteiger partial charge is 0.381 e. The molecular formula is C18H25F2N5O. The van der Waals surface area contributed by atoms with Gasteiger partial charge in [0.25, 0.3) is 12.2 Å². The number of halogens is 2. The van der Waals surface area contributed by atoms with Crippen LogP contribution in [0, 0.1) is 11.8 Å². The van der Waals surface area contributed by atoms with Crippen molar-refractivity contribution in [3.8, 4) is 0 Å². The summed E-state index contributed by atoms with van der Waals surface area (Å²) in [6.45, 7) is 6.87. The summed E-state index contributed by atoms with van der Waals surface area (Å²) < 4.78 is 33.7. The topological polar surface area (TPSA) is 55.5 Å². The molecule has 1 unspecified atom stereocenters. The molecule has 26 heavy (non-hydrogen) atoms.